The molecule has 1 nitrogen and oxygen atoms in total. The summed E-state index contributed by atoms with van der Waals surface area (Å²) in [5.74, 6) is 0. The van der Waals surface area contributed by atoms with E-state index in [0.29, 0.717) is 5.41 Å². The molecular formula is C11H20O. The molecule has 0 aliphatic heterocycles. The molecule has 0 bridgehead atoms. The molecule has 0 heterocycles. The van der Waals surface area contributed by atoms with Crippen molar-refractivity contribution < 1.29 is 5.11 Å². The van der Waals surface area contributed by atoms with Crippen LogP contribution in [0.4, 0.5) is 0 Å². The van der Waals surface area contributed by atoms with E-state index in [9.17, 15) is 5.11 Å². The Kier molecular flexibility index (Phi) is 2.40. The lowest BCUT2D eigenvalue weighted by Gasteiger charge is -2.20. The first-order chi connectivity index (χ1) is 5.83. The molecule has 2 saturated carbocycles. The van der Waals surface area contributed by atoms with Crippen LogP contribution in [0.1, 0.15) is 57.8 Å². The number of aliphatic hydroxyl groups excluding tert-OH is 1. The van der Waals surface area contributed by atoms with Gasteiger partial charge in [-0.25, -0.2) is 0 Å². The highest BCUT2D eigenvalue weighted by atomic mass is 16.3. The van der Waals surface area contributed by atoms with Gasteiger partial charge >= 0.3 is 0 Å². The second-order valence-corrected chi connectivity index (χ2v) is 4.68. The molecule has 0 radical (unpaired) electrons. The molecule has 0 saturated heterocycles. The predicted molar refractivity (Wildman–Crippen MR) is 50.0 cm³/mol. The summed E-state index contributed by atoms with van der Waals surface area (Å²) in [6, 6.07) is 0. The summed E-state index contributed by atoms with van der Waals surface area (Å²) in [7, 11) is 0. The molecule has 2 aliphatic rings. The summed E-state index contributed by atoms with van der Waals surface area (Å²) >= 11 is 0. The van der Waals surface area contributed by atoms with E-state index in [1.807, 2.05) is 0 Å². The van der Waals surface area contributed by atoms with Gasteiger partial charge in [0.25, 0.3) is 0 Å². The summed E-state index contributed by atoms with van der Waals surface area (Å²) in [4.78, 5) is 0. The molecule has 1 atom stereocenters. The summed E-state index contributed by atoms with van der Waals surface area (Å²) in [6.07, 6.45) is 11.7. The maximum Gasteiger partial charge on any atom is 0.0596 e. The molecule has 1 spiro atoms. The van der Waals surface area contributed by atoms with Gasteiger partial charge in [0.15, 0.2) is 0 Å². The van der Waals surface area contributed by atoms with Crippen LogP contribution in [0.3, 0.4) is 0 Å². The summed E-state index contributed by atoms with van der Waals surface area (Å²) in [5.41, 5.74) is 0.407. The molecule has 1 N–H and O–H groups in total. The smallest absolute Gasteiger partial charge is 0.0596 e. The van der Waals surface area contributed by atoms with E-state index in [1.54, 1.807) is 0 Å². The van der Waals surface area contributed by atoms with Crippen LogP contribution in [0.2, 0.25) is 0 Å². The van der Waals surface area contributed by atoms with Crippen LogP contribution in [0.25, 0.3) is 0 Å². The molecular weight excluding hydrogens is 148 g/mol. The molecule has 0 aromatic carbocycles. The lowest BCUT2D eigenvalue weighted by molar-refractivity contribution is 0.0776. The van der Waals surface area contributed by atoms with Crippen LogP contribution in [0.15, 0.2) is 0 Å². The van der Waals surface area contributed by atoms with Crippen LogP contribution in [0, 0.1) is 5.41 Å². The Labute approximate surface area is 75.2 Å². The summed E-state index contributed by atoms with van der Waals surface area (Å²) in [5, 5.41) is 9.93. The van der Waals surface area contributed by atoms with Gasteiger partial charge in [0.2, 0.25) is 0 Å². The van der Waals surface area contributed by atoms with Crippen molar-refractivity contribution >= 4 is 0 Å². The Morgan fingerprint density at radius 2 is 1.50 bits per heavy atom. The van der Waals surface area contributed by atoms with E-state index in [-0.39, 0.29) is 6.10 Å². The third-order valence-corrected chi connectivity index (χ3v) is 3.75. The van der Waals surface area contributed by atoms with Crippen LogP contribution >= 0.6 is 0 Å². The van der Waals surface area contributed by atoms with E-state index in [4.69, 9.17) is 0 Å². The van der Waals surface area contributed by atoms with Crippen molar-refractivity contribution in [2.75, 3.05) is 0 Å². The van der Waals surface area contributed by atoms with Crippen molar-refractivity contribution in [1.82, 2.24) is 0 Å². The fraction of sp³-hybridized carbons (Fsp3) is 1.00. The van der Waals surface area contributed by atoms with Crippen LogP contribution in [-0.4, -0.2) is 11.2 Å². The second-order valence-electron chi connectivity index (χ2n) is 4.68. The van der Waals surface area contributed by atoms with E-state index in [2.05, 4.69) is 0 Å². The first kappa shape index (κ1) is 8.55. The van der Waals surface area contributed by atoms with Crippen LogP contribution in [-0.2, 0) is 0 Å². The standard InChI is InChI=1S/C11H20O/c12-10-6-4-2-1-3-5-7-11(10)8-9-11/h10,12H,1-9H2. The average molecular weight is 168 g/mol. The first-order valence-corrected chi connectivity index (χ1v) is 5.52. The van der Waals surface area contributed by atoms with Gasteiger partial charge in [-0.15, -0.1) is 0 Å². The van der Waals surface area contributed by atoms with Crippen molar-refractivity contribution in [2.24, 2.45) is 5.41 Å². The zero-order chi connectivity index (χ0) is 8.44. The largest absolute Gasteiger partial charge is 0.393 e. The Morgan fingerprint density at radius 1 is 0.833 bits per heavy atom. The number of rotatable bonds is 0. The molecule has 0 aromatic rings. The van der Waals surface area contributed by atoms with Crippen molar-refractivity contribution in [1.29, 1.82) is 0 Å². The monoisotopic (exact) mass is 168 g/mol. The van der Waals surface area contributed by atoms with Gasteiger partial charge in [0.1, 0.15) is 0 Å². The maximum absolute atomic E-state index is 9.93. The highest BCUT2D eigenvalue weighted by molar-refractivity contribution is 4.98. The van der Waals surface area contributed by atoms with Crippen LogP contribution < -0.4 is 0 Å². The third kappa shape index (κ3) is 1.66. The summed E-state index contributed by atoms with van der Waals surface area (Å²) in [6.45, 7) is 0. The fourth-order valence-electron chi connectivity index (χ4n) is 2.56. The van der Waals surface area contributed by atoms with E-state index in [0.717, 1.165) is 6.42 Å². The molecule has 1 unspecified atom stereocenters. The lowest BCUT2D eigenvalue weighted by atomic mass is 9.91. The Hall–Kier alpha value is -0.0400. The minimum Gasteiger partial charge on any atom is -0.393 e. The lowest BCUT2D eigenvalue weighted by Crippen LogP contribution is -2.21. The van der Waals surface area contributed by atoms with Gasteiger partial charge in [-0.2, -0.15) is 0 Å². The topological polar surface area (TPSA) is 20.2 Å². The fourth-order valence-corrected chi connectivity index (χ4v) is 2.56. The van der Waals surface area contributed by atoms with E-state index in [1.165, 1.54) is 51.4 Å². The number of hydrogen-bond acceptors (Lipinski definition) is 1. The quantitative estimate of drug-likeness (QED) is 0.589. The second kappa shape index (κ2) is 3.37. The molecule has 12 heavy (non-hydrogen) atoms. The molecule has 2 aliphatic carbocycles. The highest BCUT2D eigenvalue weighted by Gasteiger charge is 2.47. The molecule has 2 rings (SSSR count). The zero-order valence-corrected chi connectivity index (χ0v) is 7.89. The minimum absolute atomic E-state index is 0.0376. The van der Waals surface area contributed by atoms with Gasteiger partial charge in [0.05, 0.1) is 6.10 Å². The summed E-state index contributed by atoms with van der Waals surface area (Å²) < 4.78 is 0. The maximum atomic E-state index is 9.93. The van der Waals surface area contributed by atoms with Crippen molar-refractivity contribution in [3.05, 3.63) is 0 Å². The Morgan fingerprint density at radius 3 is 2.25 bits per heavy atom. The van der Waals surface area contributed by atoms with Gasteiger partial charge in [-0.05, 0) is 31.1 Å². The number of hydrogen-bond donors (Lipinski definition) is 1. The molecule has 0 aromatic heterocycles. The molecule has 0 amide bonds. The molecule has 1 heteroatoms. The Bertz CT molecular complexity index is 149. The van der Waals surface area contributed by atoms with Gasteiger partial charge in [0, 0.05) is 0 Å². The average Bonchev–Trinajstić information content (AvgIpc) is 2.81. The zero-order valence-electron chi connectivity index (χ0n) is 7.89. The first-order valence-electron chi connectivity index (χ1n) is 5.52. The molecule has 2 fully saturated rings. The highest BCUT2D eigenvalue weighted by Crippen LogP contribution is 2.54. The normalized spacial score (nSPS) is 35.2. The van der Waals surface area contributed by atoms with Gasteiger partial charge in [-0.1, -0.05) is 32.1 Å². The number of aliphatic hydroxyl groups is 1. The van der Waals surface area contributed by atoms with Gasteiger partial charge < -0.3 is 5.11 Å². The minimum atomic E-state index is 0.0376. The Balaban J connectivity index is 1.92. The third-order valence-electron chi connectivity index (χ3n) is 3.75. The van der Waals surface area contributed by atoms with E-state index >= 15 is 0 Å². The van der Waals surface area contributed by atoms with Crippen molar-refractivity contribution in [3.8, 4) is 0 Å². The van der Waals surface area contributed by atoms with Crippen molar-refractivity contribution in [2.45, 2.75) is 63.9 Å². The SMILES string of the molecule is OC1CCCCCCCC12CC2. The van der Waals surface area contributed by atoms with Crippen LogP contribution in [0.5, 0.6) is 0 Å². The van der Waals surface area contributed by atoms with Gasteiger partial charge in [-0.3, -0.25) is 0 Å². The predicted octanol–water partition coefficient (Wildman–Crippen LogP) is 2.87. The van der Waals surface area contributed by atoms with Crippen molar-refractivity contribution in [3.63, 3.8) is 0 Å². The van der Waals surface area contributed by atoms with E-state index < -0.39 is 0 Å². The molecule has 70 valence electrons.